The highest BCUT2D eigenvalue weighted by atomic mass is 32.2. The third-order valence-electron chi connectivity index (χ3n) is 3.49. The monoisotopic (exact) mass is 316 g/mol. The molecule has 5 nitrogen and oxygen atoms in total. The van der Waals surface area contributed by atoms with E-state index in [1.54, 1.807) is 13.0 Å². The van der Waals surface area contributed by atoms with Gasteiger partial charge in [-0.25, -0.2) is 13.4 Å². The highest BCUT2D eigenvalue weighted by Crippen LogP contribution is 2.25. The van der Waals surface area contributed by atoms with Gasteiger partial charge in [0.25, 0.3) is 10.0 Å². The molecule has 0 radical (unpaired) electrons. The first-order chi connectivity index (χ1) is 10.4. The number of para-hydroxylation sites is 1. The molecule has 0 aliphatic rings. The Morgan fingerprint density at radius 2 is 1.73 bits per heavy atom. The molecular weight excluding hydrogens is 300 g/mol. The van der Waals surface area contributed by atoms with Crippen molar-refractivity contribution in [2.45, 2.75) is 25.7 Å². The molecule has 6 heteroatoms. The average molecular weight is 316 g/mol. The maximum absolute atomic E-state index is 12.6. The topological polar surface area (TPSA) is 72.2 Å². The van der Waals surface area contributed by atoms with Crippen molar-refractivity contribution in [3.63, 3.8) is 0 Å². The van der Waals surface area contributed by atoms with Gasteiger partial charge in [0.05, 0.1) is 10.6 Å². The lowest BCUT2D eigenvalue weighted by molar-refractivity contribution is 0.561. The molecule has 0 atom stereocenters. The number of oxazole rings is 1. The van der Waals surface area contributed by atoms with E-state index in [2.05, 4.69) is 9.71 Å². The number of hydrogen-bond donors (Lipinski definition) is 1. The van der Waals surface area contributed by atoms with E-state index in [4.69, 9.17) is 4.42 Å². The molecule has 1 heterocycles. The molecule has 1 aromatic heterocycles. The zero-order valence-electron chi connectivity index (χ0n) is 12.5. The number of benzene rings is 2. The number of aryl methyl sites for hydroxylation is 3. The summed E-state index contributed by atoms with van der Waals surface area (Å²) in [6.07, 6.45) is 0. The summed E-state index contributed by atoms with van der Waals surface area (Å²) >= 11 is 0. The summed E-state index contributed by atoms with van der Waals surface area (Å²) < 4.78 is 33.2. The molecule has 0 unspecified atom stereocenters. The van der Waals surface area contributed by atoms with E-state index >= 15 is 0 Å². The molecule has 0 aliphatic carbocycles. The summed E-state index contributed by atoms with van der Waals surface area (Å²) in [5, 5.41) is 0. The second-order valence-corrected chi connectivity index (χ2v) is 6.92. The van der Waals surface area contributed by atoms with Crippen LogP contribution in [-0.2, 0) is 10.0 Å². The summed E-state index contributed by atoms with van der Waals surface area (Å²) in [6.45, 7) is 5.47. The van der Waals surface area contributed by atoms with Crippen LogP contribution in [0.5, 0.6) is 0 Å². The molecule has 0 bridgehead atoms. The highest BCUT2D eigenvalue weighted by molar-refractivity contribution is 7.92. The van der Waals surface area contributed by atoms with Crippen molar-refractivity contribution in [2.75, 3.05) is 4.72 Å². The standard InChI is InChI=1S/C16H16N2O3S/c1-10-5-4-6-11(2)16(10)18-22(19,20)13-7-8-15-14(9-13)17-12(3)21-15/h4-9,18H,1-3H3. The Bertz CT molecular complexity index is 938. The second kappa shape index (κ2) is 5.14. The van der Waals surface area contributed by atoms with Gasteiger partial charge in [-0.05, 0) is 43.2 Å². The molecule has 114 valence electrons. The molecule has 3 rings (SSSR count). The average Bonchev–Trinajstić information content (AvgIpc) is 2.82. The lowest BCUT2D eigenvalue weighted by Gasteiger charge is -2.13. The Morgan fingerprint density at radius 1 is 1.05 bits per heavy atom. The van der Waals surface area contributed by atoms with E-state index in [1.807, 2.05) is 32.0 Å². The summed E-state index contributed by atoms with van der Waals surface area (Å²) in [5.41, 5.74) is 3.47. The quantitative estimate of drug-likeness (QED) is 0.802. The molecule has 0 amide bonds. The van der Waals surface area contributed by atoms with E-state index < -0.39 is 10.0 Å². The smallest absolute Gasteiger partial charge is 0.261 e. The Morgan fingerprint density at radius 3 is 2.41 bits per heavy atom. The normalized spacial score (nSPS) is 11.8. The van der Waals surface area contributed by atoms with E-state index in [-0.39, 0.29) is 4.90 Å². The number of hydrogen-bond acceptors (Lipinski definition) is 4. The number of anilines is 1. The third kappa shape index (κ3) is 2.57. The fourth-order valence-corrected chi connectivity index (χ4v) is 3.58. The van der Waals surface area contributed by atoms with E-state index in [0.29, 0.717) is 22.7 Å². The van der Waals surface area contributed by atoms with Gasteiger partial charge < -0.3 is 4.42 Å². The zero-order chi connectivity index (χ0) is 15.9. The lowest BCUT2D eigenvalue weighted by Crippen LogP contribution is -2.14. The molecule has 2 aromatic carbocycles. The van der Waals surface area contributed by atoms with Gasteiger partial charge in [-0.2, -0.15) is 0 Å². The molecule has 0 aliphatic heterocycles. The van der Waals surface area contributed by atoms with E-state index in [9.17, 15) is 8.42 Å². The van der Waals surface area contributed by atoms with Gasteiger partial charge in [0.2, 0.25) is 0 Å². The van der Waals surface area contributed by atoms with Crippen molar-refractivity contribution in [3.05, 3.63) is 53.4 Å². The van der Waals surface area contributed by atoms with Crippen LogP contribution in [0.15, 0.2) is 45.7 Å². The van der Waals surface area contributed by atoms with Crippen molar-refractivity contribution in [3.8, 4) is 0 Å². The van der Waals surface area contributed by atoms with Gasteiger partial charge in [0, 0.05) is 6.92 Å². The van der Waals surface area contributed by atoms with Gasteiger partial charge in [0.15, 0.2) is 11.5 Å². The molecule has 0 fully saturated rings. The van der Waals surface area contributed by atoms with Crippen molar-refractivity contribution in [1.29, 1.82) is 0 Å². The highest BCUT2D eigenvalue weighted by Gasteiger charge is 2.18. The first kappa shape index (κ1) is 14.6. The predicted octanol–water partition coefficient (Wildman–Crippen LogP) is 3.55. The molecule has 0 spiro atoms. The van der Waals surface area contributed by atoms with Gasteiger partial charge in [-0.3, -0.25) is 4.72 Å². The largest absolute Gasteiger partial charge is 0.441 e. The second-order valence-electron chi connectivity index (χ2n) is 5.23. The maximum atomic E-state index is 12.6. The Hall–Kier alpha value is -2.34. The van der Waals surface area contributed by atoms with Crippen LogP contribution in [0, 0.1) is 20.8 Å². The fourth-order valence-electron chi connectivity index (χ4n) is 2.36. The molecule has 0 saturated heterocycles. The predicted molar refractivity (Wildman–Crippen MR) is 85.5 cm³/mol. The molecule has 22 heavy (non-hydrogen) atoms. The Labute approximate surface area is 129 Å². The summed E-state index contributed by atoms with van der Waals surface area (Å²) in [6, 6.07) is 10.3. The minimum absolute atomic E-state index is 0.163. The fraction of sp³-hybridized carbons (Fsp3) is 0.188. The number of sulfonamides is 1. The van der Waals surface area contributed by atoms with Crippen LogP contribution >= 0.6 is 0 Å². The number of aromatic nitrogens is 1. The van der Waals surface area contributed by atoms with E-state index in [0.717, 1.165) is 11.1 Å². The van der Waals surface area contributed by atoms with Crippen LogP contribution < -0.4 is 4.72 Å². The summed E-state index contributed by atoms with van der Waals surface area (Å²) in [5.74, 6) is 0.507. The minimum Gasteiger partial charge on any atom is -0.441 e. The first-order valence-electron chi connectivity index (χ1n) is 6.83. The van der Waals surface area contributed by atoms with Gasteiger partial charge in [-0.15, -0.1) is 0 Å². The van der Waals surface area contributed by atoms with Crippen LogP contribution in [0.4, 0.5) is 5.69 Å². The van der Waals surface area contributed by atoms with Gasteiger partial charge >= 0.3 is 0 Å². The zero-order valence-corrected chi connectivity index (χ0v) is 13.4. The Balaban J connectivity index is 2.04. The van der Waals surface area contributed by atoms with Crippen LogP contribution in [0.2, 0.25) is 0 Å². The van der Waals surface area contributed by atoms with Crippen LogP contribution in [0.1, 0.15) is 17.0 Å². The molecule has 0 saturated carbocycles. The third-order valence-corrected chi connectivity index (χ3v) is 4.84. The van der Waals surface area contributed by atoms with Crippen molar-refractivity contribution < 1.29 is 12.8 Å². The van der Waals surface area contributed by atoms with Crippen LogP contribution in [0.3, 0.4) is 0 Å². The van der Waals surface area contributed by atoms with Gasteiger partial charge in [0.1, 0.15) is 5.52 Å². The number of nitrogens with zero attached hydrogens (tertiary/aromatic N) is 1. The summed E-state index contributed by atoms with van der Waals surface area (Å²) in [4.78, 5) is 4.33. The van der Waals surface area contributed by atoms with Crippen LogP contribution in [0.25, 0.3) is 11.1 Å². The SMILES string of the molecule is Cc1nc2cc(S(=O)(=O)Nc3c(C)cccc3C)ccc2o1. The van der Waals surface area contributed by atoms with Gasteiger partial charge in [-0.1, -0.05) is 18.2 Å². The molecule has 1 N–H and O–H groups in total. The Kier molecular flexibility index (Phi) is 3.41. The van der Waals surface area contributed by atoms with E-state index in [1.165, 1.54) is 12.1 Å². The van der Waals surface area contributed by atoms with Crippen molar-refractivity contribution in [1.82, 2.24) is 4.98 Å². The number of fused-ring (bicyclic) bond motifs is 1. The molecule has 3 aromatic rings. The molecular formula is C16H16N2O3S. The number of rotatable bonds is 3. The lowest BCUT2D eigenvalue weighted by atomic mass is 10.1. The van der Waals surface area contributed by atoms with Crippen molar-refractivity contribution in [2.24, 2.45) is 0 Å². The van der Waals surface area contributed by atoms with Crippen molar-refractivity contribution >= 4 is 26.8 Å². The first-order valence-corrected chi connectivity index (χ1v) is 8.31. The summed E-state index contributed by atoms with van der Waals surface area (Å²) in [7, 11) is -3.67. The minimum atomic E-state index is -3.67. The van der Waals surface area contributed by atoms with Crippen LogP contribution in [-0.4, -0.2) is 13.4 Å². The maximum Gasteiger partial charge on any atom is 0.261 e. The number of nitrogens with one attached hydrogen (secondary N) is 1.